The average Bonchev–Trinajstić information content (AvgIpc) is 2.77. The molecule has 2 aromatic carbocycles. The Morgan fingerprint density at radius 2 is 1.90 bits per heavy atom. The number of benzene rings is 2. The summed E-state index contributed by atoms with van der Waals surface area (Å²) in [5.74, 6) is 0. The highest BCUT2D eigenvalue weighted by Crippen LogP contribution is 2.32. The Morgan fingerprint density at radius 1 is 1.20 bits per heavy atom. The molecule has 4 heteroatoms. The van der Waals surface area contributed by atoms with Gasteiger partial charge in [-0.3, -0.25) is 0 Å². The SMILES string of the molecule is CC1Cc2ccccc2N1C(=S)Nc1ccccc1Cl. The zero-order chi connectivity index (χ0) is 14.1. The summed E-state index contributed by atoms with van der Waals surface area (Å²) in [5.41, 5.74) is 3.36. The first kappa shape index (κ1) is 13.4. The highest BCUT2D eigenvalue weighted by molar-refractivity contribution is 7.80. The van der Waals surface area contributed by atoms with E-state index < -0.39 is 0 Å². The fourth-order valence-electron chi connectivity index (χ4n) is 2.61. The first-order valence-electron chi connectivity index (χ1n) is 6.59. The van der Waals surface area contributed by atoms with Crippen molar-refractivity contribution in [2.45, 2.75) is 19.4 Å². The summed E-state index contributed by atoms with van der Waals surface area (Å²) in [6.45, 7) is 2.18. The van der Waals surface area contributed by atoms with Gasteiger partial charge in [-0.05, 0) is 49.3 Å². The third-order valence-electron chi connectivity index (χ3n) is 3.54. The van der Waals surface area contributed by atoms with Crippen LogP contribution in [0.1, 0.15) is 12.5 Å². The lowest BCUT2D eigenvalue weighted by atomic mass is 10.1. The van der Waals surface area contributed by atoms with Crippen LogP contribution in [-0.4, -0.2) is 11.2 Å². The molecule has 1 aliphatic rings. The van der Waals surface area contributed by atoms with Crippen LogP contribution in [0.25, 0.3) is 0 Å². The number of thiocarbonyl (C=S) groups is 1. The van der Waals surface area contributed by atoms with Gasteiger partial charge in [-0.1, -0.05) is 41.9 Å². The van der Waals surface area contributed by atoms with Gasteiger partial charge >= 0.3 is 0 Å². The van der Waals surface area contributed by atoms with E-state index in [0.717, 1.165) is 12.1 Å². The van der Waals surface area contributed by atoms with Gasteiger partial charge in [0.25, 0.3) is 0 Å². The van der Waals surface area contributed by atoms with Crippen LogP contribution in [0.2, 0.25) is 5.02 Å². The molecule has 1 unspecified atom stereocenters. The Hall–Kier alpha value is -1.58. The molecule has 0 amide bonds. The Bertz CT molecular complexity index is 656. The van der Waals surface area contributed by atoms with Crippen molar-refractivity contribution in [2.75, 3.05) is 10.2 Å². The van der Waals surface area contributed by atoms with Crippen LogP contribution in [0.15, 0.2) is 48.5 Å². The van der Waals surface area contributed by atoms with Gasteiger partial charge in [-0.2, -0.15) is 0 Å². The molecule has 0 fully saturated rings. The number of halogens is 1. The van der Waals surface area contributed by atoms with E-state index in [-0.39, 0.29) is 0 Å². The second-order valence-electron chi connectivity index (χ2n) is 4.96. The van der Waals surface area contributed by atoms with Crippen molar-refractivity contribution in [1.82, 2.24) is 0 Å². The molecular weight excluding hydrogens is 288 g/mol. The minimum absolute atomic E-state index is 0.356. The number of hydrogen-bond acceptors (Lipinski definition) is 1. The highest BCUT2D eigenvalue weighted by atomic mass is 35.5. The Kier molecular flexibility index (Phi) is 3.64. The molecule has 0 bridgehead atoms. The predicted octanol–water partition coefficient (Wildman–Crippen LogP) is 4.49. The molecule has 20 heavy (non-hydrogen) atoms. The molecule has 1 heterocycles. The molecule has 1 atom stereocenters. The van der Waals surface area contributed by atoms with Crippen LogP contribution < -0.4 is 10.2 Å². The molecule has 0 aromatic heterocycles. The van der Waals surface area contributed by atoms with Crippen LogP contribution in [-0.2, 0) is 6.42 Å². The molecule has 0 saturated heterocycles. The van der Waals surface area contributed by atoms with Crippen molar-refractivity contribution in [3.63, 3.8) is 0 Å². The molecule has 3 rings (SSSR count). The predicted molar refractivity (Wildman–Crippen MR) is 89.8 cm³/mol. The summed E-state index contributed by atoms with van der Waals surface area (Å²) in [6, 6.07) is 16.4. The number of nitrogens with one attached hydrogen (secondary N) is 1. The third-order valence-corrected chi connectivity index (χ3v) is 4.17. The van der Waals surface area contributed by atoms with Crippen LogP contribution in [0.5, 0.6) is 0 Å². The zero-order valence-corrected chi connectivity index (χ0v) is 12.7. The molecule has 1 N–H and O–H groups in total. The van der Waals surface area contributed by atoms with Crippen molar-refractivity contribution < 1.29 is 0 Å². The topological polar surface area (TPSA) is 15.3 Å². The van der Waals surface area contributed by atoms with Crippen molar-refractivity contribution in [3.05, 3.63) is 59.1 Å². The standard InChI is InChI=1S/C16H15ClN2S/c1-11-10-12-6-2-5-9-15(12)19(11)16(20)18-14-8-4-3-7-13(14)17/h2-9,11H,10H2,1H3,(H,18,20). The fraction of sp³-hybridized carbons (Fsp3) is 0.188. The largest absolute Gasteiger partial charge is 0.331 e. The molecule has 2 nitrogen and oxygen atoms in total. The molecule has 0 spiro atoms. The summed E-state index contributed by atoms with van der Waals surface area (Å²) < 4.78 is 0. The number of anilines is 2. The van der Waals surface area contributed by atoms with E-state index in [1.807, 2.05) is 30.3 Å². The van der Waals surface area contributed by atoms with Crippen molar-refractivity contribution >= 4 is 40.3 Å². The quantitative estimate of drug-likeness (QED) is 0.782. The molecular formula is C16H15ClN2S. The molecule has 0 radical (unpaired) electrons. The monoisotopic (exact) mass is 302 g/mol. The summed E-state index contributed by atoms with van der Waals surface area (Å²) in [4.78, 5) is 2.16. The highest BCUT2D eigenvalue weighted by Gasteiger charge is 2.28. The number of fused-ring (bicyclic) bond motifs is 1. The first-order valence-corrected chi connectivity index (χ1v) is 7.38. The lowest BCUT2D eigenvalue weighted by molar-refractivity contribution is 0.776. The second kappa shape index (κ2) is 5.43. The van der Waals surface area contributed by atoms with Gasteiger partial charge in [0.05, 0.1) is 10.7 Å². The van der Waals surface area contributed by atoms with Gasteiger partial charge in [0.1, 0.15) is 0 Å². The van der Waals surface area contributed by atoms with Crippen molar-refractivity contribution in [2.24, 2.45) is 0 Å². The van der Waals surface area contributed by atoms with Crippen LogP contribution in [0.3, 0.4) is 0 Å². The maximum atomic E-state index is 6.17. The summed E-state index contributed by atoms with van der Waals surface area (Å²) in [5, 5.41) is 4.62. The summed E-state index contributed by atoms with van der Waals surface area (Å²) >= 11 is 11.7. The zero-order valence-electron chi connectivity index (χ0n) is 11.1. The number of nitrogens with zero attached hydrogens (tertiary/aromatic N) is 1. The van der Waals surface area contributed by atoms with Crippen LogP contribution >= 0.6 is 23.8 Å². The summed E-state index contributed by atoms with van der Waals surface area (Å²) in [6.07, 6.45) is 1.01. The van der Waals surface area contributed by atoms with Gasteiger partial charge < -0.3 is 10.2 Å². The molecule has 102 valence electrons. The first-order chi connectivity index (χ1) is 9.66. The lowest BCUT2D eigenvalue weighted by Gasteiger charge is -2.26. The van der Waals surface area contributed by atoms with E-state index in [9.17, 15) is 0 Å². The number of rotatable bonds is 1. The van der Waals surface area contributed by atoms with Gasteiger partial charge in [0.2, 0.25) is 0 Å². The number of para-hydroxylation sites is 2. The minimum atomic E-state index is 0.356. The Morgan fingerprint density at radius 3 is 2.70 bits per heavy atom. The normalized spacial score (nSPS) is 16.9. The van der Waals surface area contributed by atoms with Crippen LogP contribution in [0.4, 0.5) is 11.4 Å². The van der Waals surface area contributed by atoms with E-state index in [1.165, 1.54) is 11.3 Å². The van der Waals surface area contributed by atoms with E-state index >= 15 is 0 Å². The molecule has 0 aliphatic carbocycles. The Labute approximate surface area is 129 Å². The molecule has 2 aromatic rings. The lowest BCUT2D eigenvalue weighted by Crippen LogP contribution is -2.38. The van der Waals surface area contributed by atoms with E-state index in [4.69, 9.17) is 23.8 Å². The minimum Gasteiger partial charge on any atom is -0.331 e. The maximum absolute atomic E-state index is 6.17. The van der Waals surface area contributed by atoms with E-state index in [0.29, 0.717) is 16.2 Å². The third kappa shape index (κ3) is 2.39. The van der Waals surface area contributed by atoms with Crippen molar-refractivity contribution in [1.29, 1.82) is 0 Å². The van der Waals surface area contributed by atoms with Gasteiger partial charge in [0.15, 0.2) is 5.11 Å². The maximum Gasteiger partial charge on any atom is 0.178 e. The summed E-state index contributed by atoms with van der Waals surface area (Å²) in [7, 11) is 0. The van der Waals surface area contributed by atoms with Crippen LogP contribution in [0, 0.1) is 0 Å². The fourth-order valence-corrected chi connectivity index (χ4v) is 3.18. The van der Waals surface area contributed by atoms with E-state index in [2.05, 4.69) is 35.3 Å². The molecule has 0 saturated carbocycles. The number of hydrogen-bond donors (Lipinski definition) is 1. The smallest absolute Gasteiger partial charge is 0.178 e. The average molecular weight is 303 g/mol. The van der Waals surface area contributed by atoms with E-state index in [1.54, 1.807) is 0 Å². The molecule has 1 aliphatic heterocycles. The van der Waals surface area contributed by atoms with Gasteiger partial charge in [-0.25, -0.2) is 0 Å². The van der Waals surface area contributed by atoms with Gasteiger partial charge in [0, 0.05) is 11.7 Å². The second-order valence-corrected chi connectivity index (χ2v) is 5.76. The Balaban J connectivity index is 1.86. The van der Waals surface area contributed by atoms with Gasteiger partial charge in [-0.15, -0.1) is 0 Å². The van der Waals surface area contributed by atoms with Crippen molar-refractivity contribution in [3.8, 4) is 0 Å².